The van der Waals surface area contributed by atoms with Gasteiger partial charge in [0.15, 0.2) is 0 Å². The van der Waals surface area contributed by atoms with E-state index in [2.05, 4.69) is 5.32 Å². The number of carboxylic acid groups (broad SMARTS) is 1. The summed E-state index contributed by atoms with van der Waals surface area (Å²) in [4.78, 5) is 22.7. The van der Waals surface area contributed by atoms with Gasteiger partial charge in [0.25, 0.3) is 5.91 Å². The Bertz CT molecular complexity index is 478. The van der Waals surface area contributed by atoms with Gasteiger partial charge in [-0.15, -0.1) is 0 Å². The first-order chi connectivity index (χ1) is 8.58. The summed E-state index contributed by atoms with van der Waals surface area (Å²) in [5.41, 5.74) is 1.50. The molecule has 18 heavy (non-hydrogen) atoms. The average Bonchev–Trinajstić information content (AvgIpc) is 2.85. The number of carbonyl (C=O) groups is 2. The smallest absolute Gasteiger partial charge is 0.335 e. The van der Waals surface area contributed by atoms with Gasteiger partial charge in [-0.05, 0) is 37.5 Å². The van der Waals surface area contributed by atoms with E-state index in [4.69, 9.17) is 9.84 Å². The van der Waals surface area contributed by atoms with Crippen molar-refractivity contribution in [3.8, 4) is 0 Å². The molecule has 2 N–H and O–H groups in total. The standard InChI is InChI=1S/C13H15NO4/c1-8-4-5-9(13(16)17)7-10(8)14-12(15)11-3-2-6-18-11/h4-5,7,11H,2-3,6H2,1H3,(H,14,15)(H,16,17)/t11-/m1/s1. The molecule has 1 aromatic rings. The number of aryl methyl sites for hydroxylation is 1. The third kappa shape index (κ3) is 2.68. The fourth-order valence-electron chi connectivity index (χ4n) is 1.89. The van der Waals surface area contributed by atoms with E-state index < -0.39 is 12.1 Å². The molecular weight excluding hydrogens is 234 g/mol. The van der Waals surface area contributed by atoms with Gasteiger partial charge in [0.1, 0.15) is 6.10 Å². The Balaban J connectivity index is 2.14. The number of amides is 1. The monoisotopic (exact) mass is 249 g/mol. The van der Waals surface area contributed by atoms with Crippen molar-refractivity contribution >= 4 is 17.6 Å². The Kier molecular flexibility index (Phi) is 3.62. The number of hydrogen-bond donors (Lipinski definition) is 2. The summed E-state index contributed by atoms with van der Waals surface area (Å²) in [7, 11) is 0. The molecule has 0 unspecified atom stereocenters. The lowest BCUT2D eigenvalue weighted by molar-refractivity contribution is -0.124. The number of benzene rings is 1. The quantitative estimate of drug-likeness (QED) is 0.856. The van der Waals surface area contributed by atoms with Crippen LogP contribution in [0.3, 0.4) is 0 Å². The molecule has 0 aromatic heterocycles. The SMILES string of the molecule is Cc1ccc(C(=O)O)cc1NC(=O)[C@H]1CCCO1. The van der Waals surface area contributed by atoms with Gasteiger partial charge in [0.2, 0.25) is 0 Å². The largest absolute Gasteiger partial charge is 0.478 e. The molecule has 1 amide bonds. The average molecular weight is 249 g/mol. The number of hydrogen-bond acceptors (Lipinski definition) is 3. The Labute approximate surface area is 105 Å². The number of rotatable bonds is 3. The first kappa shape index (κ1) is 12.6. The molecule has 0 aliphatic carbocycles. The molecule has 96 valence electrons. The lowest BCUT2D eigenvalue weighted by atomic mass is 10.1. The van der Waals surface area contributed by atoms with Gasteiger partial charge in [-0.1, -0.05) is 6.07 Å². The second kappa shape index (κ2) is 5.18. The Hall–Kier alpha value is -1.88. The van der Waals surface area contributed by atoms with Crippen LogP contribution in [0.15, 0.2) is 18.2 Å². The summed E-state index contributed by atoms with van der Waals surface area (Å²) in [6, 6.07) is 4.65. The van der Waals surface area contributed by atoms with E-state index in [1.807, 2.05) is 6.92 Å². The molecule has 5 heteroatoms. The van der Waals surface area contributed by atoms with Crippen LogP contribution in [0.5, 0.6) is 0 Å². The van der Waals surface area contributed by atoms with Gasteiger partial charge >= 0.3 is 5.97 Å². The molecule has 1 aromatic carbocycles. The Morgan fingerprint density at radius 2 is 2.22 bits per heavy atom. The summed E-state index contributed by atoms with van der Waals surface area (Å²) < 4.78 is 5.28. The molecule has 5 nitrogen and oxygen atoms in total. The van der Waals surface area contributed by atoms with Crippen LogP contribution in [-0.4, -0.2) is 29.7 Å². The zero-order valence-corrected chi connectivity index (χ0v) is 10.1. The number of nitrogens with one attached hydrogen (secondary N) is 1. The van der Waals surface area contributed by atoms with Gasteiger partial charge in [0, 0.05) is 12.3 Å². The molecule has 1 aliphatic heterocycles. The minimum Gasteiger partial charge on any atom is -0.478 e. The van der Waals surface area contributed by atoms with Crippen LogP contribution in [0, 0.1) is 6.92 Å². The van der Waals surface area contributed by atoms with Crippen LogP contribution >= 0.6 is 0 Å². The summed E-state index contributed by atoms with van der Waals surface area (Å²) in [6.45, 7) is 2.42. The Morgan fingerprint density at radius 3 is 2.83 bits per heavy atom. The van der Waals surface area contributed by atoms with E-state index in [1.165, 1.54) is 12.1 Å². The number of anilines is 1. The van der Waals surface area contributed by atoms with Crippen molar-refractivity contribution in [1.29, 1.82) is 0 Å². The van der Waals surface area contributed by atoms with Crippen molar-refractivity contribution < 1.29 is 19.4 Å². The summed E-state index contributed by atoms with van der Waals surface area (Å²) in [5.74, 6) is -1.22. The molecule has 1 aliphatic rings. The van der Waals surface area contributed by atoms with Gasteiger partial charge in [-0.25, -0.2) is 4.79 Å². The normalized spacial score (nSPS) is 18.6. The van der Waals surface area contributed by atoms with Crippen molar-refractivity contribution in [3.63, 3.8) is 0 Å². The van der Waals surface area contributed by atoms with Gasteiger partial charge < -0.3 is 15.2 Å². The molecule has 1 atom stereocenters. The topological polar surface area (TPSA) is 75.6 Å². The first-order valence-corrected chi connectivity index (χ1v) is 5.84. The summed E-state index contributed by atoms with van der Waals surface area (Å²) in [6.07, 6.45) is 1.17. The molecule has 0 bridgehead atoms. The maximum Gasteiger partial charge on any atom is 0.335 e. The van der Waals surface area contributed by atoms with Crippen LogP contribution in [0.4, 0.5) is 5.69 Å². The molecule has 0 spiro atoms. The minimum atomic E-state index is -1.01. The van der Waals surface area contributed by atoms with E-state index in [0.29, 0.717) is 18.7 Å². The second-order valence-corrected chi connectivity index (χ2v) is 4.33. The highest BCUT2D eigenvalue weighted by molar-refractivity contribution is 5.97. The molecule has 1 heterocycles. The van der Waals surface area contributed by atoms with Crippen LogP contribution in [0.1, 0.15) is 28.8 Å². The molecular formula is C13H15NO4. The van der Waals surface area contributed by atoms with E-state index >= 15 is 0 Å². The van der Waals surface area contributed by atoms with Gasteiger partial charge in [0.05, 0.1) is 5.56 Å². The number of carboxylic acids is 1. The lowest BCUT2D eigenvalue weighted by Gasteiger charge is -2.12. The van der Waals surface area contributed by atoms with Gasteiger partial charge in [-0.3, -0.25) is 4.79 Å². The molecule has 1 fully saturated rings. The van der Waals surface area contributed by atoms with Crippen LogP contribution in [0.2, 0.25) is 0 Å². The summed E-state index contributed by atoms with van der Waals surface area (Å²) >= 11 is 0. The molecule has 0 radical (unpaired) electrons. The minimum absolute atomic E-state index is 0.156. The second-order valence-electron chi connectivity index (χ2n) is 4.33. The highest BCUT2D eigenvalue weighted by atomic mass is 16.5. The molecule has 1 saturated heterocycles. The zero-order valence-electron chi connectivity index (χ0n) is 10.1. The molecule has 2 rings (SSSR count). The van der Waals surface area contributed by atoms with Crippen molar-refractivity contribution in [2.24, 2.45) is 0 Å². The molecule has 0 saturated carbocycles. The number of aromatic carboxylic acids is 1. The lowest BCUT2D eigenvalue weighted by Crippen LogP contribution is -2.27. The van der Waals surface area contributed by atoms with E-state index in [-0.39, 0.29) is 11.5 Å². The van der Waals surface area contributed by atoms with Crippen LogP contribution in [0.25, 0.3) is 0 Å². The van der Waals surface area contributed by atoms with E-state index in [9.17, 15) is 9.59 Å². The summed E-state index contributed by atoms with van der Waals surface area (Å²) in [5, 5.41) is 11.6. The highest BCUT2D eigenvalue weighted by Gasteiger charge is 2.24. The maximum absolute atomic E-state index is 11.9. The first-order valence-electron chi connectivity index (χ1n) is 5.84. The number of ether oxygens (including phenoxy) is 1. The zero-order chi connectivity index (χ0) is 13.1. The van der Waals surface area contributed by atoms with Crippen molar-refractivity contribution in [3.05, 3.63) is 29.3 Å². The maximum atomic E-state index is 11.9. The third-order valence-corrected chi connectivity index (χ3v) is 2.96. The fourth-order valence-corrected chi connectivity index (χ4v) is 1.89. The predicted octanol–water partition coefficient (Wildman–Crippen LogP) is 1.81. The Morgan fingerprint density at radius 1 is 1.44 bits per heavy atom. The van der Waals surface area contributed by atoms with E-state index in [1.54, 1.807) is 6.07 Å². The van der Waals surface area contributed by atoms with Crippen LogP contribution < -0.4 is 5.32 Å². The van der Waals surface area contributed by atoms with Crippen molar-refractivity contribution in [2.45, 2.75) is 25.9 Å². The van der Waals surface area contributed by atoms with Gasteiger partial charge in [-0.2, -0.15) is 0 Å². The van der Waals surface area contributed by atoms with E-state index in [0.717, 1.165) is 12.0 Å². The number of carbonyl (C=O) groups excluding carboxylic acids is 1. The predicted molar refractivity (Wildman–Crippen MR) is 65.7 cm³/mol. The third-order valence-electron chi connectivity index (χ3n) is 2.96. The fraction of sp³-hybridized carbons (Fsp3) is 0.385. The van der Waals surface area contributed by atoms with Crippen molar-refractivity contribution in [2.75, 3.05) is 11.9 Å². The van der Waals surface area contributed by atoms with Crippen LogP contribution in [-0.2, 0) is 9.53 Å². The van der Waals surface area contributed by atoms with Crippen molar-refractivity contribution in [1.82, 2.24) is 0 Å². The highest BCUT2D eigenvalue weighted by Crippen LogP contribution is 2.19.